The zero-order valence-corrected chi connectivity index (χ0v) is 15.4. The fourth-order valence-corrected chi connectivity index (χ4v) is 2.70. The third-order valence-electron chi connectivity index (χ3n) is 4.16. The summed E-state index contributed by atoms with van der Waals surface area (Å²) < 4.78 is 10.5. The third kappa shape index (κ3) is 5.41. The van der Waals surface area contributed by atoms with Crippen LogP contribution in [0.3, 0.4) is 0 Å². The van der Waals surface area contributed by atoms with Gasteiger partial charge in [0.25, 0.3) is 0 Å². The molecule has 0 radical (unpaired) electrons. The number of aryl methyl sites for hydroxylation is 1. The minimum atomic E-state index is 0.126. The van der Waals surface area contributed by atoms with Crippen LogP contribution in [0.5, 0.6) is 0 Å². The Hall–Kier alpha value is -3.15. The van der Waals surface area contributed by atoms with Crippen LogP contribution in [0.2, 0.25) is 0 Å². The summed E-state index contributed by atoms with van der Waals surface area (Å²) in [5.74, 6) is 1.65. The van der Waals surface area contributed by atoms with Crippen molar-refractivity contribution in [2.24, 2.45) is 0 Å². The molecule has 140 valence electrons. The molecule has 1 amide bonds. The Morgan fingerprint density at radius 1 is 1.19 bits per heavy atom. The smallest absolute Gasteiger partial charge is 0.238 e. The molecule has 0 aliphatic heterocycles. The molecule has 3 aromatic rings. The maximum Gasteiger partial charge on any atom is 0.238 e. The molecule has 0 fully saturated rings. The molecule has 0 bridgehead atoms. The Bertz CT molecular complexity index is 854. The highest BCUT2D eigenvalue weighted by Gasteiger charge is 2.13. The van der Waals surface area contributed by atoms with Crippen LogP contribution in [0.25, 0.3) is 17.7 Å². The van der Waals surface area contributed by atoms with Crippen molar-refractivity contribution in [2.45, 2.75) is 26.2 Å². The molecule has 2 aromatic heterocycles. The largest absolute Gasteiger partial charge is 0.461 e. The Kier molecular flexibility index (Phi) is 6.57. The predicted molar refractivity (Wildman–Crippen MR) is 103 cm³/mol. The number of hydrogen-bond donors (Lipinski definition) is 0. The van der Waals surface area contributed by atoms with Crippen molar-refractivity contribution in [3.05, 3.63) is 66.3 Å². The number of benzene rings is 1. The summed E-state index contributed by atoms with van der Waals surface area (Å²) >= 11 is 0. The van der Waals surface area contributed by atoms with Gasteiger partial charge in [0.1, 0.15) is 0 Å². The first kappa shape index (κ1) is 18.6. The lowest BCUT2D eigenvalue weighted by Crippen LogP contribution is -2.30. The monoisotopic (exact) mass is 365 g/mol. The number of amides is 1. The SMILES string of the molecule is CCN(C/C=C/c1ccccc1)C(=O)CCCc1nc(-c2ccco2)no1. The molecule has 6 nitrogen and oxygen atoms in total. The second kappa shape index (κ2) is 9.52. The summed E-state index contributed by atoms with van der Waals surface area (Å²) in [5.41, 5.74) is 1.13. The van der Waals surface area contributed by atoms with Gasteiger partial charge in [-0.25, -0.2) is 0 Å². The summed E-state index contributed by atoms with van der Waals surface area (Å²) in [6.45, 7) is 3.27. The van der Waals surface area contributed by atoms with E-state index in [0.717, 1.165) is 5.56 Å². The minimum Gasteiger partial charge on any atom is -0.461 e. The van der Waals surface area contributed by atoms with Gasteiger partial charge in [0, 0.05) is 25.9 Å². The topological polar surface area (TPSA) is 72.4 Å². The molecular formula is C21H23N3O3. The molecule has 1 aromatic carbocycles. The molecular weight excluding hydrogens is 342 g/mol. The molecule has 0 unspecified atom stereocenters. The number of rotatable bonds is 9. The summed E-state index contributed by atoms with van der Waals surface area (Å²) in [7, 11) is 0. The lowest BCUT2D eigenvalue weighted by Gasteiger charge is -2.18. The molecule has 6 heteroatoms. The van der Waals surface area contributed by atoms with Gasteiger partial charge in [0.15, 0.2) is 5.76 Å². The molecule has 2 heterocycles. The van der Waals surface area contributed by atoms with Crippen molar-refractivity contribution in [1.82, 2.24) is 15.0 Å². The molecule has 3 rings (SSSR count). The number of furan rings is 1. The molecule has 0 saturated heterocycles. The summed E-state index contributed by atoms with van der Waals surface area (Å²) in [6, 6.07) is 13.6. The lowest BCUT2D eigenvalue weighted by atomic mass is 10.2. The van der Waals surface area contributed by atoms with Gasteiger partial charge in [0.05, 0.1) is 6.26 Å². The van der Waals surface area contributed by atoms with Crippen LogP contribution in [0, 0.1) is 0 Å². The first-order chi connectivity index (χ1) is 13.3. The molecule has 0 atom stereocenters. The molecule has 0 spiro atoms. The second-order valence-corrected chi connectivity index (χ2v) is 6.09. The van der Waals surface area contributed by atoms with E-state index in [9.17, 15) is 4.79 Å². The van der Waals surface area contributed by atoms with Gasteiger partial charge in [-0.1, -0.05) is 47.6 Å². The summed E-state index contributed by atoms with van der Waals surface area (Å²) in [6.07, 6.45) is 7.30. The van der Waals surface area contributed by atoms with Crippen molar-refractivity contribution in [2.75, 3.05) is 13.1 Å². The van der Waals surface area contributed by atoms with E-state index in [2.05, 4.69) is 10.1 Å². The number of carbonyl (C=O) groups excluding carboxylic acids is 1. The van der Waals surface area contributed by atoms with Crippen LogP contribution >= 0.6 is 0 Å². The second-order valence-electron chi connectivity index (χ2n) is 6.09. The van der Waals surface area contributed by atoms with Crippen molar-refractivity contribution < 1.29 is 13.7 Å². The van der Waals surface area contributed by atoms with E-state index in [-0.39, 0.29) is 5.91 Å². The van der Waals surface area contributed by atoms with Gasteiger partial charge in [0.2, 0.25) is 17.6 Å². The number of likely N-dealkylation sites (N-methyl/N-ethyl adjacent to an activating group) is 1. The molecule has 0 aliphatic carbocycles. The van der Waals surface area contributed by atoms with E-state index in [4.69, 9.17) is 8.94 Å². The van der Waals surface area contributed by atoms with E-state index in [1.54, 1.807) is 18.4 Å². The highest BCUT2D eigenvalue weighted by Crippen LogP contribution is 2.16. The van der Waals surface area contributed by atoms with Crippen LogP contribution in [-0.2, 0) is 11.2 Å². The Balaban J connectivity index is 1.44. The first-order valence-electron chi connectivity index (χ1n) is 9.12. The summed E-state index contributed by atoms with van der Waals surface area (Å²) in [5, 5.41) is 3.89. The molecule has 0 N–H and O–H groups in total. The van der Waals surface area contributed by atoms with Crippen molar-refractivity contribution in [3.8, 4) is 11.6 Å². The van der Waals surface area contributed by atoms with E-state index in [0.29, 0.717) is 49.8 Å². The Labute approximate surface area is 158 Å². The Morgan fingerprint density at radius 3 is 2.78 bits per heavy atom. The maximum absolute atomic E-state index is 12.4. The van der Waals surface area contributed by atoms with Crippen LogP contribution in [-0.4, -0.2) is 34.0 Å². The fourth-order valence-electron chi connectivity index (χ4n) is 2.70. The molecule has 27 heavy (non-hydrogen) atoms. The quantitative estimate of drug-likeness (QED) is 0.568. The zero-order valence-electron chi connectivity index (χ0n) is 15.4. The van der Waals surface area contributed by atoms with Crippen LogP contribution in [0.1, 0.15) is 31.2 Å². The van der Waals surface area contributed by atoms with Crippen molar-refractivity contribution in [1.29, 1.82) is 0 Å². The van der Waals surface area contributed by atoms with Crippen LogP contribution in [0.4, 0.5) is 0 Å². The van der Waals surface area contributed by atoms with Gasteiger partial charge in [-0.05, 0) is 31.0 Å². The number of nitrogens with zero attached hydrogens (tertiary/aromatic N) is 3. The van der Waals surface area contributed by atoms with Crippen molar-refractivity contribution in [3.63, 3.8) is 0 Å². The average Bonchev–Trinajstić information content (AvgIpc) is 3.37. The average molecular weight is 365 g/mol. The normalized spacial score (nSPS) is 11.1. The van der Waals surface area contributed by atoms with E-state index < -0.39 is 0 Å². The third-order valence-corrected chi connectivity index (χ3v) is 4.16. The lowest BCUT2D eigenvalue weighted by molar-refractivity contribution is -0.130. The summed E-state index contributed by atoms with van der Waals surface area (Å²) in [4.78, 5) is 18.5. The number of hydrogen-bond acceptors (Lipinski definition) is 5. The van der Waals surface area contributed by atoms with Gasteiger partial charge in [-0.15, -0.1) is 0 Å². The number of carbonyl (C=O) groups is 1. The Morgan fingerprint density at radius 2 is 2.04 bits per heavy atom. The fraction of sp³-hybridized carbons (Fsp3) is 0.286. The minimum absolute atomic E-state index is 0.126. The molecule has 0 aliphatic rings. The maximum atomic E-state index is 12.4. The zero-order chi connectivity index (χ0) is 18.9. The van der Waals surface area contributed by atoms with Gasteiger partial charge < -0.3 is 13.8 Å². The molecule has 0 saturated carbocycles. The van der Waals surface area contributed by atoms with E-state index in [1.165, 1.54) is 0 Å². The van der Waals surface area contributed by atoms with Crippen molar-refractivity contribution >= 4 is 12.0 Å². The first-order valence-corrected chi connectivity index (χ1v) is 9.12. The van der Waals surface area contributed by atoms with E-state index in [1.807, 2.05) is 54.3 Å². The van der Waals surface area contributed by atoms with Gasteiger partial charge >= 0.3 is 0 Å². The van der Waals surface area contributed by atoms with Gasteiger partial charge in [-0.2, -0.15) is 4.98 Å². The predicted octanol–water partition coefficient (Wildman–Crippen LogP) is 4.21. The van der Waals surface area contributed by atoms with Gasteiger partial charge in [-0.3, -0.25) is 4.79 Å². The highest BCUT2D eigenvalue weighted by atomic mass is 16.5. The van der Waals surface area contributed by atoms with Crippen LogP contribution < -0.4 is 0 Å². The number of aromatic nitrogens is 2. The highest BCUT2D eigenvalue weighted by molar-refractivity contribution is 5.76. The van der Waals surface area contributed by atoms with E-state index >= 15 is 0 Å². The standard InChI is InChI=1S/C21H23N3O3/c1-2-24(15-7-11-17-9-4-3-5-10-17)20(25)14-6-13-19-22-21(23-27-19)18-12-8-16-26-18/h3-5,7-12,16H,2,6,13-15H2,1H3/b11-7+. The van der Waals surface area contributed by atoms with Crippen LogP contribution in [0.15, 0.2) is 63.7 Å².